The predicted molar refractivity (Wildman–Crippen MR) is 96.8 cm³/mol. The van der Waals surface area contributed by atoms with Crippen molar-refractivity contribution >= 4 is 11.7 Å². The van der Waals surface area contributed by atoms with Gasteiger partial charge in [0.15, 0.2) is 17.3 Å². The Morgan fingerprint density at radius 3 is 2.55 bits per heavy atom. The van der Waals surface area contributed by atoms with Crippen LogP contribution in [0.1, 0.15) is 37.2 Å². The molecule has 4 rings (SSSR count). The maximum Gasteiger partial charge on any atom is 0.453 e. The van der Waals surface area contributed by atoms with Crippen LogP contribution in [-0.4, -0.2) is 34.8 Å². The number of alkyl halides is 3. The number of ketones is 1. The van der Waals surface area contributed by atoms with Gasteiger partial charge in [-0.3, -0.25) is 4.79 Å². The van der Waals surface area contributed by atoms with Crippen molar-refractivity contribution in [2.45, 2.75) is 32.0 Å². The van der Waals surface area contributed by atoms with Crippen LogP contribution in [0.4, 0.5) is 19.1 Å². The zero-order valence-corrected chi connectivity index (χ0v) is 16.0. The lowest BCUT2D eigenvalue weighted by atomic mass is 9.81. The van der Waals surface area contributed by atoms with Crippen molar-refractivity contribution in [3.05, 3.63) is 40.9 Å². The molecule has 0 fully saturated rings. The number of anilines is 1. The number of hydrogen-bond acceptors (Lipinski definition) is 6. The summed E-state index contributed by atoms with van der Waals surface area (Å²) in [6.07, 6.45) is -3.84. The first kappa shape index (κ1) is 19.3. The molecule has 1 aliphatic carbocycles. The summed E-state index contributed by atoms with van der Waals surface area (Å²) in [5.41, 5.74) is 1.54. The highest BCUT2D eigenvalue weighted by Gasteiger charge is 2.43. The third kappa shape index (κ3) is 3.22. The van der Waals surface area contributed by atoms with Gasteiger partial charge in [0.05, 0.1) is 14.2 Å². The Morgan fingerprint density at radius 2 is 1.90 bits per heavy atom. The minimum Gasteiger partial charge on any atom is -0.493 e. The van der Waals surface area contributed by atoms with Crippen molar-refractivity contribution in [3.8, 4) is 11.5 Å². The van der Waals surface area contributed by atoms with Crippen molar-refractivity contribution in [3.63, 3.8) is 0 Å². The summed E-state index contributed by atoms with van der Waals surface area (Å²) in [7, 11) is 2.95. The van der Waals surface area contributed by atoms with Crippen molar-refractivity contribution in [2.75, 3.05) is 19.5 Å². The average molecular weight is 408 g/mol. The Hall–Kier alpha value is -3.04. The molecular formula is C19H19F3N4O3. The number of nitrogens with one attached hydrogen (secondary N) is 1. The van der Waals surface area contributed by atoms with Gasteiger partial charge in [0, 0.05) is 17.7 Å². The first-order valence-corrected chi connectivity index (χ1v) is 9.01. The van der Waals surface area contributed by atoms with E-state index in [0.717, 1.165) is 4.68 Å². The Bertz CT molecular complexity index is 1010. The fourth-order valence-corrected chi connectivity index (χ4v) is 3.86. The van der Waals surface area contributed by atoms with Gasteiger partial charge in [-0.15, -0.1) is 5.10 Å². The van der Waals surface area contributed by atoms with E-state index in [-0.39, 0.29) is 17.6 Å². The number of nitrogens with zero attached hydrogens (tertiary/aromatic N) is 3. The molecule has 1 aromatic carbocycles. The fourth-order valence-electron chi connectivity index (χ4n) is 3.86. The number of methoxy groups -OCH3 is 2. The summed E-state index contributed by atoms with van der Waals surface area (Å²) >= 11 is 0. The van der Waals surface area contributed by atoms with Crippen LogP contribution in [0.25, 0.3) is 0 Å². The summed E-state index contributed by atoms with van der Waals surface area (Å²) in [6, 6.07) is 4.13. The third-order valence-electron chi connectivity index (χ3n) is 5.10. The molecule has 0 saturated heterocycles. The lowest BCUT2D eigenvalue weighted by Crippen LogP contribution is -2.33. The van der Waals surface area contributed by atoms with Crippen LogP contribution in [0.3, 0.4) is 0 Å². The van der Waals surface area contributed by atoms with Gasteiger partial charge in [-0.25, -0.2) is 4.68 Å². The highest BCUT2D eigenvalue weighted by Crippen LogP contribution is 2.43. The molecular weight excluding hydrogens is 389 g/mol. The first-order chi connectivity index (χ1) is 13.7. The molecule has 0 spiro atoms. The highest BCUT2D eigenvalue weighted by atomic mass is 19.4. The van der Waals surface area contributed by atoms with Gasteiger partial charge in [-0.2, -0.15) is 18.2 Å². The highest BCUT2D eigenvalue weighted by molar-refractivity contribution is 5.99. The maximum atomic E-state index is 13.2. The number of allylic oxidation sites excluding steroid dienone is 2. The monoisotopic (exact) mass is 408 g/mol. The van der Waals surface area contributed by atoms with Crippen molar-refractivity contribution in [1.29, 1.82) is 0 Å². The molecule has 7 nitrogen and oxygen atoms in total. The number of fused-ring (bicyclic) bond motifs is 1. The largest absolute Gasteiger partial charge is 0.493 e. The molecule has 1 aliphatic heterocycles. The molecule has 2 aromatic rings. The van der Waals surface area contributed by atoms with Gasteiger partial charge >= 0.3 is 6.18 Å². The van der Waals surface area contributed by atoms with Crippen LogP contribution >= 0.6 is 0 Å². The molecule has 0 amide bonds. The van der Waals surface area contributed by atoms with Crippen LogP contribution in [-0.2, 0) is 11.0 Å². The number of aromatic nitrogens is 3. The minimum absolute atomic E-state index is 0.0437. The van der Waals surface area contributed by atoms with Gasteiger partial charge in [0.1, 0.15) is 6.04 Å². The van der Waals surface area contributed by atoms with Crippen LogP contribution in [0, 0.1) is 5.92 Å². The van der Waals surface area contributed by atoms with Crippen LogP contribution < -0.4 is 14.8 Å². The van der Waals surface area contributed by atoms with Gasteiger partial charge in [-0.05, 0) is 30.0 Å². The number of carbonyl (C=O) groups is 1. The number of hydrogen-bond donors (Lipinski definition) is 1. The number of halogens is 3. The van der Waals surface area contributed by atoms with E-state index in [1.165, 1.54) is 14.2 Å². The summed E-state index contributed by atoms with van der Waals surface area (Å²) in [5, 5.41) is 6.58. The summed E-state index contributed by atoms with van der Waals surface area (Å²) < 4.78 is 51.4. The molecule has 2 aliphatic rings. The average Bonchev–Trinajstić information content (AvgIpc) is 3.09. The van der Waals surface area contributed by atoms with Crippen molar-refractivity contribution < 1.29 is 27.4 Å². The smallest absolute Gasteiger partial charge is 0.453 e. The normalized spacial score (nSPS) is 21.4. The Morgan fingerprint density at radius 1 is 1.17 bits per heavy atom. The second-order valence-corrected chi connectivity index (χ2v) is 7.17. The SMILES string of the molecule is COc1ccc([C@H]2C3=C(C[C@H](C)CC3=O)Nc3nc(C(F)(F)F)nn32)cc1OC. The number of benzene rings is 1. The van der Waals surface area contributed by atoms with Gasteiger partial charge in [0.25, 0.3) is 5.82 Å². The van der Waals surface area contributed by atoms with E-state index < -0.39 is 18.0 Å². The van der Waals surface area contributed by atoms with E-state index in [9.17, 15) is 18.0 Å². The standard InChI is InChI=1S/C19H19F3N4O3/c1-9-6-11-15(12(27)7-9)16(10-4-5-13(28-2)14(8-10)29-3)26-18(23-11)24-17(25-26)19(20,21)22/h4-5,8-9,16H,6-7H2,1-3H3,(H,23,24,25)/t9-,16-/m0/s1. The van der Waals surface area contributed by atoms with E-state index in [1.807, 2.05) is 6.92 Å². The second kappa shape index (κ2) is 6.78. The summed E-state index contributed by atoms with van der Waals surface area (Å²) in [6.45, 7) is 1.93. The van der Waals surface area contributed by atoms with E-state index in [0.29, 0.717) is 41.2 Å². The molecule has 0 saturated carbocycles. The predicted octanol–water partition coefficient (Wildman–Crippen LogP) is 3.58. The Kier molecular flexibility index (Phi) is 4.51. The molecule has 2 atom stereocenters. The molecule has 154 valence electrons. The first-order valence-electron chi connectivity index (χ1n) is 9.01. The molecule has 29 heavy (non-hydrogen) atoms. The second-order valence-electron chi connectivity index (χ2n) is 7.17. The van der Waals surface area contributed by atoms with E-state index in [4.69, 9.17) is 9.47 Å². The zero-order chi connectivity index (χ0) is 20.9. The number of Topliss-reactive ketones (excluding diaryl/α,β-unsaturated/α-hetero) is 1. The summed E-state index contributed by atoms with van der Waals surface area (Å²) in [5.74, 6) is -0.474. The summed E-state index contributed by atoms with van der Waals surface area (Å²) in [4.78, 5) is 16.5. The molecule has 2 heterocycles. The quantitative estimate of drug-likeness (QED) is 0.837. The topological polar surface area (TPSA) is 78.3 Å². The lowest BCUT2D eigenvalue weighted by Gasteiger charge is -2.34. The minimum atomic E-state index is -4.70. The maximum absolute atomic E-state index is 13.2. The van der Waals surface area contributed by atoms with Gasteiger partial charge in [0.2, 0.25) is 5.95 Å². The molecule has 10 heteroatoms. The van der Waals surface area contributed by atoms with Gasteiger partial charge in [-0.1, -0.05) is 13.0 Å². The van der Waals surface area contributed by atoms with Gasteiger partial charge < -0.3 is 14.8 Å². The van der Waals surface area contributed by atoms with E-state index in [1.54, 1.807) is 18.2 Å². The molecule has 0 bridgehead atoms. The number of carbonyl (C=O) groups excluding carboxylic acids is 1. The Balaban J connectivity index is 1.91. The lowest BCUT2D eigenvalue weighted by molar-refractivity contribution is -0.145. The third-order valence-corrected chi connectivity index (χ3v) is 5.10. The molecule has 0 unspecified atom stereocenters. The Labute approximate surface area is 164 Å². The number of rotatable bonds is 3. The van der Waals surface area contributed by atoms with E-state index in [2.05, 4.69) is 15.4 Å². The van der Waals surface area contributed by atoms with Crippen molar-refractivity contribution in [2.24, 2.45) is 5.92 Å². The number of ether oxygens (including phenoxy) is 2. The fraction of sp³-hybridized carbons (Fsp3) is 0.421. The molecule has 0 radical (unpaired) electrons. The van der Waals surface area contributed by atoms with Crippen LogP contribution in [0.5, 0.6) is 11.5 Å². The van der Waals surface area contributed by atoms with Crippen LogP contribution in [0.15, 0.2) is 29.5 Å². The van der Waals surface area contributed by atoms with Crippen molar-refractivity contribution in [1.82, 2.24) is 14.8 Å². The molecule has 1 N–H and O–H groups in total. The molecule has 1 aromatic heterocycles. The van der Waals surface area contributed by atoms with Crippen LogP contribution in [0.2, 0.25) is 0 Å². The van der Waals surface area contributed by atoms with E-state index >= 15 is 0 Å². The zero-order valence-electron chi connectivity index (χ0n) is 16.0.